The lowest BCUT2D eigenvalue weighted by atomic mass is 9.93. The molecule has 2 heterocycles. The Kier molecular flexibility index (Phi) is 5.73. The SMILES string of the molecule is CCc1ncc(C(=O)NCC[C@H](c2ccc(F)cc2)c2ccco2)cn1. The molecule has 0 radical (unpaired) electrons. The minimum Gasteiger partial charge on any atom is -0.469 e. The van der Waals surface area contributed by atoms with Crippen molar-refractivity contribution in [2.75, 3.05) is 6.54 Å². The van der Waals surface area contributed by atoms with Gasteiger partial charge in [-0.05, 0) is 36.2 Å². The zero-order chi connectivity index (χ0) is 18.4. The van der Waals surface area contributed by atoms with Crippen molar-refractivity contribution in [1.82, 2.24) is 15.3 Å². The predicted octanol–water partition coefficient (Wildman–Crippen LogP) is 3.72. The largest absolute Gasteiger partial charge is 0.469 e. The second-order valence-electron chi connectivity index (χ2n) is 5.91. The van der Waals surface area contributed by atoms with E-state index in [9.17, 15) is 9.18 Å². The zero-order valence-corrected chi connectivity index (χ0v) is 14.5. The van der Waals surface area contributed by atoms with E-state index in [1.54, 1.807) is 18.4 Å². The van der Waals surface area contributed by atoms with Crippen LogP contribution in [0.5, 0.6) is 0 Å². The first-order valence-corrected chi connectivity index (χ1v) is 8.55. The molecule has 0 saturated carbocycles. The van der Waals surface area contributed by atoms with Gasteiger partial charge in [0.2, 0.25) is 0 Å². The summed E-state index contributed by atoms with van der Waals surface area (Å²) < 4.78 is 18.7. The monoisotopic (exact) mass is 353 g/mol. The van der Waals surface area contributed by atoms with E-state index in [4.69, 9.17) is 4.42 Å². The molecular formula is C20H20FN3O2. The Balaban J connectivity index is 1.64. The van der Waals surface area contributed by atoms with Crippen molar-refractivity contribution in [1.29, 1.82) is 0 Å². The molecule has 0 bridgehead atoms. The molecule has 1 N–H and O–H groups in total. The lowest BCUT2D eigenvalue weighted by molar-refractivity contribution is 0.0951. The van der Waals surface area contributed by atoms with Crippen molar-refractivity contribution in [3.63, 3.8) is 0 Å². The van der Waals surface area contributed by atoms with E-state index >= 15 is 0 Å². The van der Waals surface area contributed by atoms with Gasteiger partial charge in [0.25, 0.3) is 5.91 Å². The maximum Gasteiger partial charge on any atom is 0.254 e. The van der Waals surface area contributed by atoms with Crippen molar-refractivity contribution < 1.29 is 13.6 Å². The highest BCUT2D eigenvalue weighted by atomic mass is 19.1. The van der Waals surface area contributed by atoms with E-state index in [2.05, 4.69) is 15.3 Å². The summed E-state index contributed by atoms with van der Waals surface area (Å²) in [6, 6.07) is 10.0. The van der Waals surface area contributed by atoms with Crippen LogP contribution in [0.15, 0.2) is 59.5 Å². The normalized spacial score (nSPS) is 11.9. The van der Waals surface area contributed by atoms with Crippen LogP contribution in [-0.4, -0.2) is 22.4 Å². The van der Waals surface area contributed by atoms with E-state index in [1.807, 2.05) is 19.1 Å². The fourth-order valence-electron chi connectivity index (χ4n) is 2.74. The second-order valence-corrected chi connectivity index (χ2v) is 5.91. The van der Waals surface area contributed by atoms with Crippen LogP contribution in [0.1, 0.15) is 46.8 Å². The smallest absolute Gasteiger partial charge is 0.254 e. The number of carbonyl (C=O) groups excluding carboxylic acids is 1. The average molecular weight is 353 g/mol. The molecule has 0 spiro atoms. The number of hydrogen-bond donors (Lipinski definition) is 1. The number of carbonyl (C=O) groups is 1. The molecule has 0 saturated heterocycles. The summed E-state index contributed by atoms with van der Waals surface area (Å²) in [6.07, 6.45) is 6.02. The van der Waals surface area contributed by atoms with Crippen molar-refractivity contribution in [2.24, 2.45) is 0 Å². The van der Waals surface area contributed by atoms with Crippen molar-refractivity contribution in [2.45, 2.75) is 25.7 Å². The van der Waals surface area contributed by atoms with Crippen molar-refractivity contribution >= 4 is 5.91 Å². The van der Waals surface area contributed by atoms with Crippen LogP contribution >= 0.6 is 0 Å². The summed E-state index contributed by atoms with van der Waals surface area (Å²) >= 11 is 0. The number of nitrogens with zero attached hydrogens (tertiary/aromatic N) is 2. The van der Waals surface area contributed by atoms with Crippen LogP contribution in [0.3, 0.4) is 0 Å². The Morgan fingerprint density at radius 2 is 1.92 bits per heavy atom. The Morgan fingerprint density at radius 3 is 2.54 bits per heavy atom. The lowest BCUT2D eigenvalue weighted by Gasteiger charge is -2.15. The van der Waals surface area contributed by atoms with Gasteiger partial charge in [0.15, 0.2) is 0 Å². The fraction of sp³-hybridized carbons (Fsp3) is 0.250. The first-order valence-electron chi connectivity index (χ1n) is 8.55. The molecule has 3 aromatic rings. The predicted molar refractivity (Wildman–Crippen MR) is 95.3 cm³/mol. The van der Waals surface area contributed by atoms with E-state index in [1.165, 1.54) is 24.5 Å². The van der Waals surface area contributed by atoms with Crippen LogP contribution in [-0.2, 0) is 6.42 Å². The van der Waals surface area contributed by atoms with E-state index < -0.39 is 0 Å². The number of aryl methyl sites for hydroxylation is 1. The Hall–Kier alpha value is -3.02. The Bertz CT molecular complexity index is 831. The molecule has 6 heteroatoms. The molecule has 0 unspecified atom stereocenters. The van der Waals surface area contributed by atoms with Gasteiger partial charge in [0, 0.05) is 31.3 Å². The summed E-state index contributed by atoms with van der Waals surface area (Å²) in [4.78, 5) is 20.5. The van der Waals surface area contributed by atoms with Gasteiger partial charge in [-0.25, -0.2) is 14.4 Å². The summed E-state index contributed by atoms with van der Waals surface area (Å²) in [5.74, 6) is 0.919. The lowest BCUT2D eigenvalue weighted by Crippen LogP contribution is -2.26. The molecule has 1 aromatic carbocycles. The molecule has 0 aliphatic heterocycles. The number of amides is 1. The minimum atomic E-state index is -0.282. The van der Waals surface area contributed by atoms with E-state index in [-0.39, 0.29) is 17.6 Å². The summed E-state index contributed by atoms with van der Waals surface area (Å²) in [7, 11) is 0. The van der Waals surface area contributed by atoms with Gasteiger partial charge >= 0.3 is 0 Å². The number of aromatic nitrogens is 2. The van der Waals surface area contributed by atoms with E-state index in [0.29, 0.717) is 24.4 Å². The van der Waals surface area contributed by atoms with Crippen LogP contribution in [0.4, 0.5) is 4.39 Å². The minimum absolute atomic E-state index is 0.0652. The maximum atomic E-state index is 13.2. The number of halogens is 1. The molecule has 0 aliphatic rings. The number of benzene rings is 1. The van der Waals surface area contributed by atoms with E-state index in [0.717, 1.165) is 17.7 Å². The molecule has 0 aliphatic carbocycles. The number of rotatable bonds is 7. The van der Waals surface area contributed by atoms with Crippen LogP contribution < -0.4 is 5.32 Å². The third-order valence-corrected chi connectivity index (χ3v) is 4.16. The third-order valence-electron chi connectivity index (χ3n) is 4.16. The zero-order valence-electron chi connectivity index (χ0n) is 14.5. The Morgan fingerprint density at radius 1 is 1.19 bits per heavy atom. The fourth-order valence-corrected chi connectivity index (χ4v) is 2.74. The van der Waals surface area contributed by atoms with Gasteiger partial charge in [-0.15, -0.1) is 0 Å². The molecule has 1 atom stereocenters. The molecule has 5 nitrogen and oxygen atoms in total. The summed E-state index contributed by atoms with van der Waals surface area (Å²) in [5, 5.41) is 2.88. The van der Waals surface area contributed by atoms with Crippen LogP contribution in [0.2, 0.25) is 0 Å². The molecule has 0 fully saturated rings. The number of hydrogen-bond acceptors (Lipinski definition) is 4. The quantitative estimate of drug-likeness (QED) is 0.703. The molecule has 2 aromatic heterocycles. The molecule has 1 amide bonds. The summed E-state index contributed by atoms with van der Waals surface area (Å²) in [5.41, 5.74) is 1.37. The van der Waals surface area contributed by atoms with Gasteiger partial charge < -0.3 is 9.73 Å². The van der Waals surface area contributed by atoms with Gasteiger partial charge in [-0.2, -0.15) is 0 Å². The highest BCUT2D eigenvalue weighted by Crippen LogP contribution is 2.28. The molecule has 134 valence electrons. The topological polar surface area (TPSA) is 68.0 Å². The van der Waals surface area contributed by atoms with Gasteiger partial charge in [-0.3, -0.25) is 4.79 Å². The summed E-state index contributed by atoms with van der Waals surface area (Å²) in [6.45, 7) is 2.40. The standard InChI is InChI=1S/C20H20FN3O2/c1-2-19-23-12-15(13-24-19)20(25)22-10-9-17(18-4-3-11-26-18)14-5-7-16(21)8-6-14/h3-8,11-13,17H,2,9-10H2,1H3,(H,22,25)/t17-/m1/s1. The number of furan rings is 1. The average Bonchev–Trinajstić information content (AvgIpc) is 3.20. The molecule has 26 heavy (non-hydrogen) atoms. The first kappa shape index (κ1) is 17.8. The Labute approximate surface area is 151 Å². The third kappa shape index (κ3) is 4.33. The van der Waals surface area contributed by atoms with Gasteiger partial charge in [0.05, 0.1) is 11.8 Å². The van der Waals surface area contributed by atoms with Gasteiger partial charge in [0.1, 0.15) is 17.4 Å². The highest BCUT2D eigenvalue weighted by Gasteiger charge is 2.17. The van der Waals surface area contributed by atoms with Crippen molar-refractivity contribution in [3.8, 4) is 0 Å². The first-order chi connectivity index (χ1) is 12.7. The number of nitrogens with one attached hydrogen (secondary N) is 1. The van der Waals surface area contributed by atoms with Gasteiger partial charge in [-0.1, -0.05) is 19.1 Å². The second kappa shape index (κ2) is 8.38. The van der Waals surface area contributed by atoms with Crippen molar-refractivity contribution in [3.05, 3.63) is 83.6 Å². The maximum absolute atomic E-state index is 13.2. The molecular weight excluding hydrogens is 333 g/mol. The highest BCUT2D eigenvalue weighted by molar-refractivity contribution is 5.93. The van der Waals surface area contributed by atoms with Crippen LogP contribution in [0, 0.1) is 5.82 Å². The van der Waals surface area contributed by atoms with Crippen LogP contribution in [0.25, 0.3) is 0 Å². The molecule has 3 rings (SSSR count).